The van der Waals surface area contributed by atoms with Crippen molar-refractivity contribution >= 4 is 9.84 Å². The number of benzene rings is 1. The summed E-state index contributed by atoms with van der Waals surface area (Å²) in [5.74, 6) is 0.0384. The molecule has 0 bridgehead atoms. The molecule has 0 saturated heterocycles. The van der Waals surface area contributed by atoms with Crippen LogP contribution in [-0.2, 0) is 9.84 Å². The van der Waals surface area contributed by atoms with E-state index >= 15 is 0 Å². The SMILES string of the molecule is Cc1ccc(S(=O)(=O)CC(O)C2CC2)cc1C. The molecule has 1 aliphatic carbocycles. The molecule has 2 rings (SSSR count). The maximum Gasteiger partial charge on any atom is 0.180 e. The predicted molar refractivity (Wildman–Crippen MR) is 66.7 cm³/mol. The largest absolute Gasteiger partial charge is 0.392 e. The number of aliphatic hydroxyl groups excluding tert-OH is 1. The van der Waals surface area contributed by atoms with Crippen molar-refractivity contribution < 1.29 is 13.5 Å². The zero-order valence-electron chi connectivity index (χ0n) is 10.2. The van der Waals surface area contributed by atoms with Gasteiger partial charge in [-0.2, -0.15) is 0 Å². The van der Waals surface area contributed by atoms with E-state index in [1.165, 1.54) is 0 Å². The van der Waals surface area contributed by atoms with Crippen LogP contribution < -0.4 is 0 Å². The Morgan fingerprint density at radius 2 is 1.94 bits per heavy atom. The molecule has 1 atom stereocenters. The molecule has 0 aliphatic heterocycles. The van der Waals surface area contributed by atoms with Crippen molar-refractivity contribution in [3.05, 3.63) is 29.3 Å². The van der Waals surface area contributed by atoms with E-state index in [2.05, 4.69) is 0 Å². The summed E-state index contributed by atoms with van der Waals surface area (Å²) in [5.41, 5.74) is 2.04. The van der Waals surface area contributed by atoms with E-state index in [1.807, 2.05) is 19.9 Å². The monoisotopic (exact) mass is 254 g/mol. The van der Waals surface area contributed by atoms with Gasteiger partial charge in [-0.1, -0.05) is 6.07 Å². The van der Waals surface area contributed by atoms with E-state index in [0.717, 1.165) is 24.0 Å². The van der Waals surface area contributed by atoms with Gasteiger partial charge in [0.05, 0.1) is 16.8 Å². The summed E-state index contributed by atoms with van der Waals surface area (Å²) in [6.07, 6.45) is 1.19. The molecule has 1 fully saturated rings. The minimum Gasteiger partial charge on any atom is -0.392 e. The van der Waals surface area contributed by atoms with Gasteiger partial charge in [0.15, 0.2) is 9.84 Å². The van der Waals surface area contributed by atoms with E-state index in [1.54, 1.807) is 12.1 Å². The molecule has 0 heterocycles. The van der Waals surface area contributed by atoms with Crippen LogP contribution in [0.5, 0.6) is 0 Å². The van der Waals surface area contributed by atoms with Gasteiger partial charge in [0.2, 0.25) is 0 Å². The first-order chi connectivity index (χ1) is 7.90. The minimum atomic E-state index is -3.35. The first-order valence-electron chi connectivity index (χ1n) is 5.88. The first-order valence-corrected chi connectivity index (χ1v) is 7.53. The lowest BCUT2D eigenvalue weighted by atomic mass is 10.1. The van der Waals surface area contributed by atoms with Crippen LogP contribution in [0.4, 0.5) is 0 Å². The van der Waals surface area contributed by atoms with Crippen LogP contribution in [0.3, 0.4) is 0 Å². The van der Waals surface area contributed by atoms with Crippen molar-refractivity contribution in [3.8, 4) is 0 Å². The van der Waals surface area contributed by atoms with E-state index < -0.39 is 15.9 Å². The van der Waals surface area contributed by atoms with Crippen LogP contribution in [0.1, 0.15) is 24.0 Å². The second-order valence-corrected chi connectivity index (χ2v) is 6.97. The van der Waals surface area contributed by atoms with Gasteiger partial charge in [0, 0.05) is 0 Å². The van der Waals surface area contributed by atoms with E-state index in [0.29, 0.717) is 4.90 Å². The molecule has 94 valence electrons. The summed E-state index contributed by atoms with van der Waals surface area (Å²) < 4.78 is 24.2. The number of hydrogen-bond donors (Lipinski definition) is 1. The van der Waals surface area contributed by atoms with Gasteiger partial charge in [-0.25, -0.2) is 8.42 Å². The Bertz CT molecular complexity index is 515. The third-order valence-electron chi connectivity index (χ3n) is 3.39. The van der Waals surface area contributed by atoms with E-state index in [4.69, 9.17) is 0 Å². The van der Waals surface area contributed by atoms with Gasteiger partial charge in [-0.15, -0.1) is 0 Å². The standard InChI is InChI=1S/C13H18O3S/c1-9-3-6-12(7-10(9)2)17(15,16)8-13(14)11-4-5-11/h3,6-7,11,13-14H,4-5,8H2,1-2H3. The van der Waals surface area contributed by atoms with Crippen molar-refractivity contribution in [2.24, 2.45) is 5.92 Å². The molecular formula is C13H18O3S. The zero-order chi connectivity index (χ0) is 12.6. The van der Waals surface area contributed by atoms with Crippen LogP contribution in [0.15, 0.2) is 23.1 Å². The summed E-state index contributed by atoms with van der Waals surface area (Å²) >= 11 is 0. The van der Waals surface area contributed by atoms with Gasteiger partial charge >= 0.3 is 0 Å². The highest BCUT2D eigenvalue weighted by Crippen LogP contribution is 2.33. The quantitative estimate of drug-likeness (QED) is 0.892. The fraction of sp³-hybridized carbons (Fsp3) is 0.538. The van der Waals surface area contributed by atoms with E-state index in [9.17, 15) is 13.5 Å². The molecule has 1 saturated carbocycles. The second kappa shape index (κ2) is 4.42. The van der Waals surface area contributed by atoms with Crippen LogP contribution in [0.2, 0.25) is 0 Å². The molecule has 0 spiro atoms. The number of rotatable bonds is 4. The Kier molecular flexibility index (Phi) is 3.27. The van der Waals surface area contributed by atoms with E-state index in [-0.39, 0.29) is 11.7 Å². The van der Waals surface area contributed by atoms with Crippen molar-refractivity contribution in [2.45, 2.75) is 37.7 Å². The topological polar surface area (TPSA) is 54.4 Å². The summed E-state index contributed by atoms with van der Waals surface area (Å²) in [4.78, 5) is 0.320. The van der Waals surface area contributed by atoms with Crippen LogP contribution in [0, 0.1) is 19.8 Å². The number of aliphatic hydroxyl groups is 1. The number of sulfone groups is 1. The smallest absolute Gasteiger partial charge is 0.180 e. The fourth-order valence-corrected chi connectivity index (χ4v) is 3.39. The molecule has 1 aromatic rings. The predicted octanol–water partition coefficient (Wildman–Crippen LogP) is 1.85. The average Bonchev–Trinajstić information content (AvgIpc) is 3.04. The lowest BCUT2D eigenvalue weighted by Crippen LogP contribution is -2.22. The summed E-state index contributed by atoms with van der Waals surface area (Å²) in [7, 11) is -3.35. The number of hydrogen-bond acceptors (Lipinski definition) is 3. The van der Waals surface area contributed by atoms with Gasteiger partial charge < -0.3 is 5.11 Å². The Labute approximate surface area is 102 Å². The zero-order valence-corrected chi connectivity index (χ0v) is 11.0. The minimum absolute atomic E-state index is 0.153. The molecule has 0 aromatic heterocycles. The molecular weight excluding hydrogens is 236 g/mol. The van der Waals surface area contributed by atoms with Crippen molar-refractivity contribution in [1.29, 1.82) is 0 Å². The molecule has 1 unspecified atom stereocenters. The molecule has 0 amide bonds. The Hall–Kier alpha value is -0.870. The first kappa shape index (κ1) is 12.6. The third-order valence-corrected chi connectivity index (χ3v) is 5.15. The van der Waals surface area contributed by atoms with Gasteiger partial charge in [0.25, 0.3) is 0 Å². The maximum absolute atomic E-state index is 12.1. The van der Waals surface area contributed by atoms with Crippen molar-refractivity contribution in [1.82, 2.24) is 0 Å². The lowest BCUT2D eigenvalue weighted by molar-refractivity contribution is 0.174. The molecule has 17 heavy (non-hydrogen) atoms. The molecule has 1 aromatic carbocycles. The summed E-state index contributed by atoms with van der Waals surface area (Å²) in [6.45, 7) is 3.84. The molecule has 1 aliphatic rings. The molecule has 0 radical (unpaired) electrons. The summed E-state index contributed by atoms with van der Waals surface area (Å²) in [6, 6.07) is 5.12. The molecule has 4 heteroatoms. The maximum atomic E-state index is 12.1. The second-order valence-electron chi connectivity index (χ2n) is 4.93. The van der Waals surface area contributed by atoms with Crippen LogP contribution >= 0.6 is 0 Å². The number of aryl methyl sites for hydroxylation is 2. The van der Waals surface area contributed by atoms with Gasteiger partial charge in [0.1, 0.15) is 0 Å². The Morgan fingerprint density at radius 1 is 1.29 bits per heavy atom. The highest BCUT2D eigenvalue weighted by atomic mass is 32.2. The highest BCUT2D eigenvalue weighted by Gasteiger charge is 2.33. The fourth-order valence-electron chi connectivity index (χ4n) is 1.85. The van der Waals surface area contributed by atoms with Crippen LogP contribution in [0.25, 0.3) is 0 Å². The van der Waals surface area contributed by atoms with Crippen molar-refractivity contribution in [3.63, 3.8) is 0 Å². The molecule has 3 nitrogen and oxygen atoms in total. The van der Waals surface area contributed by atoms with Crippen molar-refractivity contribution in [2.75, 3.05) is 5.75 Å². The highest BCUT2D eigenvalue weighted by molar-refractivity contribution is 7.91. The Morgan fingerprint density at radius 3 is 2.47 bits per heavy atom. The normalized spacial score (nSPS) is 18.1. The summed E-state index contributed by atoms with van der Waals surface area (Å²) in [5, 5.41) is 9.73. The third kappa shape index (κ3) is 2.87. The lowest BCUT2D eigenvalue weighted by Gasteiger charge is -2.11. The van der Waals surface area contributed by atoms with Gasteiger partial charge in [-0.3, -0.25) is 0 Å². The molecule has 1 N–H and O–H groups in total. The average molecular weight is 254 g/mol. The van der Waals surface area contributed by atoms with Gasteiger partial charge in [-0.05, 0) is 55.9 Å². The Balaban J connectivity index is 2.21. The van der Waals surface area contributed by atoms with Crippen LogP contribution in [-0.4, -0.2) is 25.4 Å².